The van der Waals surface area contributed by atoms with Gasteiger partial charge in [0.25, 0.3) is 0 Å². The highest BCUT2D eigenvalue weighted by atomic mass is 16.2. The van der Waals surface area contributed by atoms with Crippen LogP contribution < -0.4 is 10.6 Å². The fourth-order valence-electron chi connectivity index (χ4n) is 1.27. The number of anilines is 1. The molecule has 2 rings (SSSR count). The summed E-state index contributed by atoms with van der Waals surface area (Å²) in [6.07, 6.45) is 4.96. The molecular formula is C11H11N5O. The molecule has 86 valence electrons. The number of nitrogens with one attached hydrogen (secondary N) is 2. The lowest BCUT2D eigenvalue weighted by Crippen LogP contribution is -2.25. The molecule has 2 aromatic heterocycles. The summed E-state index contributed by atoms with van der Waals surface area (Å²) in [5, 5.41) is 4.95. The van der Waals surface area contributed by atoms with Gasteiger partial charge in [-0.15, -0.1) is 0 Å². The number of urea groups is 1. The molecular weight excluding hydrogens is 218 g/mol. The Labute approximate surface area is 98.1 Å². The van der Waals surface area contributed by atoms with E-state index in [1.165, 1.54) is 7.05 Å². The second-order valence-corrected chi connectivity index (χ2v) is 3.21. The van der Waals surface area contributed by atoms with Crippen molar-refractivity contribution in [3.8, 4) is 11.3 Å². The summed E-state index contributed by atoms with van der Waals surface area (Å²) in [5.74, 6) is 0.263. The van der Waals surface area contributed by atoms with Crippen LogP contribution in [0.25, 0.3) is 11.3 Å². The van der Waals surface area contributed by atoms with Gasteiger partial charge in [0.1, 0.15) is 0 Å². The predicted molar refractivity (Wildman–Crippen MR) is 63.3 cm³/mol. The van der Waals surface area contributed by atoms with E-state index >= 15 is 0 Å². The van der Waals surface area contributed by atoms with Gasteiger partial charge in [-0.1, -0.05) is 0 Å². The third kappa shape index (κ3) is 2.75. The number of carbonyl (C=O) groups is 1. The number of hydrogen-bond donors (Lipinski definition) is 2. The fraction of sp³-hybridized carbons (Fsp3) is 0.0909. The van der Waals surface area contributed by atoms with Gasteiger partial charge in [-0.3, -0.25) is 10.3 Å². The first kappa shape index (κ1) is 11.0. The number of pyridine rings is 1. The van der Waals surface area contributed by atoms with E-state index in [-0.39, 0.29) is 12.0 Å². The first-order chi connectivity index (χ1) is 8.29. The number of hydrogen-bond acceptors (Lipinski definition) is 4. The molecule has 2 heterocycles. The Morgan fingerprint density at radius 1 is 1.18 bits per heavy atom. The van der Waals surface area contributed by atoms with E-state index in [0.29, 0.717) is 0 Å². The Bertz CT molecular complexity index is 514. The number of carbonyl (C=O) groups excluding carboxylic acids is 1. The van der Waals surface area contributed by atoms with E-state index in [1.54, 1.807) is 24.7 Å². The minimum absolute atomic E-state index is 0.263. The van der Waals surface area contributed by atoms with Gasteiger partial charge >= 0.3 is 6.03 Å². The second kappa shape index (κ2) is 5.02. The first-order valence-corrected chi connectivity index (χ1v) is 5.02. The number of nitrogens with zero attached hydrogens (tertiary/aromatic N) is 3. The SMILES string of the molecule is CNC(=O)Nc1nccc(-c2ccncc2)n1. The molecule has 17 heavy (non-hydrogen) atoms. The van der Waals surface area contributed by atoms with Crippen molar-refractivity contribution in [2.45, 2.75) is 0 Å². The maximum atomic E-state index is 11.1. The molecule has 0 aliphatic carbocycles. The summed E-state index contributed by atoms with van der Waals surface area (Å²) in [4.78, 5) is 23.2. The van der Waals surface area contributed by atoms with Crippen LogP contribution in [0.5, 0.6) is 0 Å². The van der Waals surface area contributed by atoms with E-state index in [2.05, 4.69) is 25.6 Å². The fourth-order valence-corrected chi connectivity index (χ4v) is 1.27. The lowest BCUT2D eigenvalue weighted by atomic mass is 10.2. The van der Waals surface area contributed by atoms with E-state index in [4.69, 9.17) is 0 Å². The Morgan fingerprint density at radius 3 is 2.65 bits per heavy atom. The van der Waals surface area contributed by atoms with Crippen molar-refractivity contribution in [1.82, 2.24) is 20.3 Å². The number of amides is 2. The molecule has 0 spiro atoms. The van der Waals surface area contributed by atoms with Crippen LogP contribution in [0.15, 0.2) is 36.8 Å². The van der Waals surface area contributed by atoms with Gasteiger partial charge in [0.15, 0.2) is 0 Å². The zero-order chi connectivity index (χ0) is 12.1. The molecule has 0 aromatic carbocycles. The molecule has 2 amide bonds. The minimum atomic E-state index is -0.350. The Kier molecular flexibility index (Phi) is 3.25. The highest BCUT2D eigenvalue weighted by molar-refractivity contribution is 5.87. The minimum Gasteiger partial charge on any atom is -0.341 e. The Morgan fingerprint density at radius 2 is 1.94 bits per heavy atom. The molecule has 6 nitrogen and oxygen atoms in total. The average Bonchev–Trinajstić information content (AvgIpc) is 2.40. The number of rotatable bonds is 2. The van der Waals surface area contributed by atoms with Gasteiger partial charge in [0.2, 0.25) is 5.95 Å². The van der Waals surface area contributed by atoms with Gasteiger partial charge in [-0.05, 0) is 18.2 Å². The summed E-state index contributed by atoms with van der Waals surface area (Å²) >= 11 is 0. The van der Waals surface area contributed by atoms with Crippen LogP contribution in [0.3, 0.4) is 0 Å². The number of aromatic nitrogens is 3. The predicted octanol–water partition coefficient (Wildman–Crippen LogP) is 1.29. The van der Waals surface area contributed by atoms with Gasteiger partial charge < -0.3 is 5.32 Å². The molecule has 6 heteroatoms. The summed E-state index contributed by atoms with van der Waals surface area (Å²) in [5.41, 5.74) is 1.65. The Hall–Kier alpha value is -2.50. The van der Waals surface area contributed by atoms with Crippen molar-refractivity contribution in [2.24, 2.45) is 0 Å². The highest BCUT2D eigenvalue weighted by Gasteiger charge is 2.04. The summed E-state index contributed by atoms with van der Waals surface area (Å²) in [6, 6.07) is 5.10. The molecule has 0 unspecified atom stereocenters. The van der Waals surface area contributed by atoms with Gasteiger partial charge in [0, 0.05) is 31.2 Å². The maximum absolute atomic E-state index is 11.1. The van der Waals surface area contributed by atoms with Crippen molar-refractivity contribution in [3.63, 3.8) is 0 Å². The van der Waals surface area contributed by atoms with Crippen molar-refractivity contribution in [3.05, 3.63) is 36.8 Å². The molecule has 0 fully saturated rings. The Balaban J connectivity index is 2.26. The molecule has 0 saturated carbocycles. The maximum Gasteiger partial charge on any atom is 0.321 e. The van der Waals surface area contributed by atoms with Gasteiger partial charge in [0.05, 0.1) is 5.69 Å². The van der Waals surface area contributed by atoms with Crippen LogP contribution in [0.1, 0.15) is 0 Å². The van der Waals surface area contributed by atoms with Crippen LogP contribution in [0.2, 0.25) is 0 Å². The van der Waals surface area contributed by atoms with E-state index in [0.717, 1.165) is 11.3 Å². The zero-order valence-electron chi connectivity index (χ0n) is 9.21. The van der Waals surface area contributed by atoms with E-state index < -0.39 is 0 Å². The zero-order valence-corrected chi connectivity index (χ0v) is 9.21. The third-order valence-electron chi connectivity index (χ3n) is 2.08. The largest absolute Gasteiger partial charge is 0.341 e. The molecule has 0 saturated heterocycles. The molecule has 0 aliphatic rings. The topological polar surface area (TPSA) is 79.8 Å². The van der Waals surface area contributed by atoms with Crippen LogP contribution in [-0.2, 0) is 0 Å². The van der Waals surface area contributed by atoms with Crippen molar-refractivity contribution in [1.29, 1.82) is 0 Å². The monoisotopic (exact) mass is 229 g/mol. The summed E-state index contributed by atoms with van der Waals surface area (Å²) in [7, 11) is 1.53. The van der Waals surface area contributed by atoms with Crippen molar-refractivity contribution >= 4 is 12.0 Å². The smallest absolute Gasteiger partial charge is 0.321 e. The molecule has 2 N–H and O–H groups in total. The second-order valence-electron chi connectivity index (χ2n) is 3.21. The summed E-state index contributed by atoms with van der Waals surface area (Å²) in [6.45, 7) is 0. The molecule has 0 aliphatic heterocycles. The quantitative estimate of drug-likeness (QED) is 0.813. The average molecular weight is 229 g/mol. The standard InChI is InChI=1S/C11H11N5O/c1-12-11(17)16-10-14-7-4-9(15-10)8-2-5-13-6-3-8/h2-7H,1H3,(H2,12,14,15,16,17). The van der Waals surface area contributed by atoms with Crippen molar-refractivity contribution < 1.29 is 4.79 Å². The van der Waals surface area contributed by atoms with Gasteiger partial charge in [-0.2, -0.15) is 0 Å². The molecule has 0 bridgehead atoms. The highest BCUT2D eigenvalue weighted by Crippen LogP contribution is 2.15. The van der Waals surface area contributed by atoms with Crippen LogP contribution in [0, 0.1) is 0 Å². The normalized spacial score (nSPS) is 9.71. The van der Waals surface area contributed by atoms with Crippen LogP contribution >= 0.6 is 0 Å². The summed E-state index contributed by atoms with van der Waals surface area (Å²) < 4.78 is 0. The molecule has 0 atom stereocenters. The lowest BCUT2D eigenvalue weighted by molar-refractivity contribution is 0.254. The lowest BCUT2D eigenvalue weighted by Gasteiger charge is -2.04. The van der Waals surface area contributed by atoms with E-state index in [1.807, 2.05) is 12.1 Å². The molecule has 0 radical (unpaired) electrons. The third-order valence-corrected chi connectivity index (χ3v) is 2.08. The molecule has 2 aromatic rings. The van der Waals surface area contributed by atoms with E-state index in [9.17, 15) is 4.79 Å². The first-order valence-electron chi connectivity index (χ1n) is 5.02. The van der Waals surface area contributed by atoms with Crippen LogP contribution in [0.4, 0.5) is 10.7 Å². The van der Waals surface area contributed by atoms with Crippen molar-refractivity contribution in [2.75, 3.05) is 12.4 Å². The van der Waals surface area contributed by atoms with Crippen LogP contribution in [-0.4, -0.2) is 28.0 Å². The van der Waals surface area contributed by atoms with Gasteiger partial charge in [-0.25, -0.2) is 14.8 Å².